The molecule has 0 aromatic carbocycles. The monoisotopic (exact) mass is 209 g/mol. The molecule has 0 fully saturated rings. The van der Waals surface area contributed by atoms with Gasteiger partial charge in [0.25, 0.3) is 0 Å². The van der Waals surface area contributed by atoms with Gasteiger partial charge in [-0.15, -0.1) is 0 Å². The van der Waals surface area contributed by atoms with E-state index in [2.05, 4.69) is 10.1 Å². The summed E-state index contributed by atoms with van der Waals surface area (Å²) < 4.78 is 1.74. The zero-order chi connectivity index (χ0) is 11.4. The first kappa shape index (κ1) is 11.9. The maximum Gasteiger partial charge on any atom is 0.156 e. The van der Waals surface area contributed by atoms with Crippen LogP contribution in [0, 0.1) is 5.92 Å². The van der Waals surface area contributed by atoms with Crippen LogP contribution in [0.1, 0.15) is 39.3 Å². The first-order chi connectivity index (χ1) is 7.08. The van der Waals surface area contributed by atoms with Crippen molar-refractivity contribution in [3.05, 3.63) is 11.6 Å². The molecule has 15 heavy (non-hydrogen) atoms. The Kier molecular flexibility index (Phi) is 4.00. The molecule has 0 amide bonds. The van der Waals surface area contributed by atoms with Crippen molar-refractivity contribution in [3.63, 3.8) is 0 Å². The summed E-state index contributed by atoms with van der Waals surface area (Å²) in [7, 11) is 0. The van der Waals surface area contributed by atoms with E-state index in [0.29, 0.717) is 6.54 Å². The van der Waals surface area contributed by atoms with Gasteiger partial charge in [0.15, 0.2) is 11.6 Å². The van der Waals surface area contributed by atoms with Gasteiger partial charge in [-0.25, -0.2) is 9.67 Å². The fraction of sp³-hybridized carbons (Fsp3) is 0.727. The molecular weight excluding hydrogens is 190 g/mol. The zero-order valence-corrected chi connectivity index (χ0v) is 9.95. The number of hydrogen-bond acceptors (Lipinski definition) is 3. The van der Waals surface area contributed by atoms with E-state index in [1.807, 2.05) is 27.7 Å². The molecule has 1 rings (SSSR count). The standard InChI is InChI=1S/C11H19N3O/c1-5-10-12-11(6-2)14(13-10)7-9(15)8(3)4/h8H,5-7H2,1-4H3. The van der Waals surface area contributed by atoms with Crippen LogP contribution in [0.2, 0.25) is 0 Å². The lowest BCUT2D eigenvalue weighted by atomic mass is 10.1. The van der Waals surface area contributed by atoms with Crippen LogP contribution >= 0.6 is 0 Å². The van der Waals surface area contributed by atoms with Crippen molar-refractivity contribution >= 4 is 5.78 Å². The molecule has 0 unspecified atom stereocenters. The lowest BCUT2D eigenvalue weighted by molar-refractivity contribution is -0.122. The molecule has 0 N–H and O–H groups in total. The van der Waals surface area contributed by atoms with E-state index >= 15 is 0 Å². The van der Waals surface area contributed by atoms with Crippen LogP contribution in [0.4, 0.5) is 0 Å². The van der Waals surface area contributed by atoms with Crippen LogP contribution in [0.15, 0.2) is 0 Å². The van der Waals surface area contributed by atoms with Gasteiger partial charge < -0.3 is 0 Å². The minimum absolute atomic E-state index is 0.0592. The van der Waals surface area contributed by atoms with Crippen LogP contribution < -0.4 is 0 Å². The van der Waals surface area contributed by atoms with Crippen LogP contribution in [0.3, 0.4) is 0 Å². The molecule has 0 radical (unpaired) electrons. The normalized spacial score (nSPS) is 11.0. The number of aromatic nitrogens is 3. The molecule has 0 saturated heterocycles. The van der Waals surface area contributed by atoms with Crippen molar-refractivity contribution in [2.24, 2.45) is 5.92 Å². The molecule has 4 nitrogen and oxygen atoms in total. The summed E-state index contributed by atoms with van der Waals surface area (Å²) in [6, 6.07) is 0. The highest BCUT2D eigenvalue weighted by Gasteiger charge is 2.13. The third-order valence-electron chi connectivity index (χ3n) is 2.37. The Morgan fingerprint density at radius 2 is 2.00 bits per heavy atom. The second kappa shape index (κ2) is 5.05. The SMILES string of the molecule is CCc1nc(CC)n(CC(=O)C(C)C)n1. The fourth-order valence-corrected chi connectivity index (χ4v) is 1.29. The van der Waals surface area contributed by atoms with E-state index in [1.54, 1.807) is 4.68 Å². The molecule has 4 heteroatoms. The smallest absolute Gasteiger partial charge is 0.156 e. The van der Waals surface area contributed by atoms with Gasteiger partial charge in [0.1, 0.15) is 12.4 Å². The Labute approximate surface area is 90.7 Å². The van der Waals surface area contributed by atoms with E-state index in [0.717, 1.165) is 24.5 Å². The Morgan fingerprint density at radius 3 is 2.47 bits per heavy atom. The molecule has 0 atom stereocenters. The summed E-state index contributed by atoms with van der Waals surface area (Å²) >= 11 is 0. The maximum atomic E-state index is 11.6. The third-order valence-corrected chi connectivity index (χ3v) is 2.37. The highest BCUT2D eigenvalue weighted by molar-refractivity contribution is 5.79. The van der Waals surface area contributed by atoms with Crippen molar-refractivity contribution in [1.29, 1.82) is 0 Å². The summed E-state index contributed by atoms with van der Waals surface area (Å²) in [5.74, 6) is 1.99. The number of rotatable bonds is 5. The predicted molar refractivity (Wildman–Crippen MR) is 58.6 cm³/mol. The van der Waals surface area contributed by atoms with Gasteiger partial charge in [-0.05, 0) is 0 Å². The van der Waals surface area contributed by atoms with Crippen molar-refractivity contribution in [2.45, 2.75) is 47.1 Å². The fourth-order valence-electron chi connectivity index (χ4n) is 1.29. The van der Waals surface area contributed by atoms with Gasteiger partial charge in [0, 0.05) is 18.8 Å². The second-order valence-corrected chi connectivity index (χ2v) is 3.93. The van der Waals surface area contributed by atoms with Crippen LogP contribution in [-0.2, 0) is 24.2 Å². The molecule has 0 bridgehead atoms. The van der Waals surface area contributed by atoms with E-state index in [9.17, 15) is 4.79 Å². The maximum absolute atomic E-state index is 11.6. The number of carbonyl (C=O) groups is 1. The van der Waals surface area contributed by atoms with E-state index < -0.39 is 0 Å². The minimum Gasteiger partial charge on any atom is -0.297 e. The molecule has 1 aromatic heterocycles. The summed E-state index contributed by atoms with van der Waals surface area (Å²) in [6.07, 6.45) is 1.63. The van der Waals surface area contributed by atoms with E-state index in [-0.39, 0.29) is 11.7 Å². The van der Waals surface area contributed by atoms with Gasteiger partial charge in [-0.2, -0.15) is 5.10 Å². The number of ketones is 1. The summed E-state index contributed by atoms with van der Waals surface area (Å²) in [6.45, 7) is 8.22. The van der Waals surface area contributed by atoms with Gasteiger partial charge in [0.05, 0.1) is 0 Å². The largest absolute Gasteiger partial charge is 0.297 e. The van der Waals surface area contributed by atoms with Crippen LogP contribution in [0.25, 0.3) is 0 Å². The van der Waals surface area contributed by atoms with Gasteiger partial charge in [-0.1, -0.05) is 27.7 Å². The topological polar surface area (TPSA) is 47.8 Å². The number of Topliss-reactive ketones (excluding diaryl/α,β-unsaturated/α-hetero) is 1. The third kappa shape index (κ3) is 2.88. The molecule has 0 saturated carbocycles. The van der Waals surface area contributed by atoms with E-state index in [4.69, 9.17) is 0 Å². The molecule has 0 aliphatic carbocycles. The molecule has 84 valence electrons. The van der Waals surface area contributed by atoms with E-state index in [1.165, 1.54) is 0 Å². The molecule has 1 aromatic rings. The Balaban J connectivity index is 2.83. The quantitative estimate of drug-likeness (QED) is 0.740. The Bertz CT molecular complexity index is 342. The van der Waals surface area contributed by atoms with Gasteiger partial charge in [-0.3, -0.25) is 4.79 Å². The summed E-state index contributed by atoms with van der Waals surface area (Å²) in [5, 5.41) is 4.31. The second-order valence-electron chi connectivity index (χ2n) is 3.93. The molecule has 0 spiro atoms. The van der Waals surface area contributed by atoms with Gasteiger partial charge >= 0.3 is 0 Å². The number of carbonyl (C=O) groups excluding carboxylic acids is 1. The van der Waals surface area contributed by atoms with Crippen LogP contribution in [-0.4, -0.2) is 20.5 Å². The molecule has 0 aliphatic heterocycles. The lowest BCUT2D eigenvalue weighted by Gasteiger charge is -2.05. The number of hydrogen-bond donors (Lipinski definition) is 0. The minimum atomic E-state index is 0.0592. The van der Waals surface area contributed by atoms with Crippen molar-refractivity contribution in [1.82, 2.24) is 14.8 Å². The first-order valence-corrected chi connectivity index (χ1v) is 5.53. The Morgan fingerprint density at radius 1 is 1.33 bits per heavy atom. The highest BCUT2D eigenvalue weighted by Crippen LogP contribution is 2.04. The first-order valence-electron chi connectivity index (χ1n) is 5.53. The van der Waals surface area contributed by atoms with Crippen molar-refractivity contribution in [2.75, 3.05) is 0 Å². The van der Waals surface area contributed by atoms with Crippen molar-refractivity contribution < 1.29 is 4.79 Å². The zero-order valence-electron chi connectivity index (χ0n) is 9.95. The highest BCUT2D eigenvalue weighted by atomic mass is 16.1. The Hall–Kier alpha value is -1.19. The molecule has 1 heterocycles. The average molecular weight is 209 g/mol. The lowest BCUT2D eigenvalue weighted by Crippen LogP contribution is -2.18. The molecule has 0 aliphatic rings. The number of aryl methyl sites for hydroxylation is 2. The number of nitrogens with zero attached hydrogens (tertiary/aromatic N) is 3. The van der Waals surface area contributed by atoms with Gasteiger partial charge in [0.2, 0.25) is 0 Å². The summed E-state index contributed by atoms with van der Waals surface area (Å²) in [4.78, 5) is 15.9. The summed E-state index contributed by atoms with van der Waals surface area (Å²) in [5.41, 5.74) is 0. The predicted octanol–water partition coefficient (Wildman–Crippen LogP) is 1.63. The van der Waals surface area contributed by atoms with Crippen LogP contribution in [0.5, 0.6) is 0 Å². The average Bonchev–Trinajstić information content (AvgIpc) is 2.60. The van der Waals surface area contributed by atoms with Crippen molar-refractivity contribution in [3.8, 4) is 0 Å². The molecular formula is C11H19N3O.